The van der Waals surface area contributed by atoms with Gasteiger partial charge in [0.2, 0.25) is 5.82 Å². The van der Waals surface area contributed by atoms with Crippen LogP contribution < -0.4 is 5.32 Å². The zero-order chi connectivity index (χ0) is 14.7. The molecule has 0 aliphatic rings. The summed E-state index contributed by atoms with van der Waals surface area (Å²) in [5, 5.41) is 13.5. The number of halogens is 2. The highest BCUT2D eigenvalue weighted by atomic mass is 19.1. The minimum Gasteiger partial charge on any atom is -0.375 e. The molecule has 0 bridgehead atoms. The third-order valence-corrected chi connectivity index (χ3v) is 2.94. The van der Waals surface area contributed by atoms with E-state index in [1.165, 1.54) is 0 Å². The Morgan fingerprint density at radius 1 is 1.25 bits per heavy atom. The van der Waals surface area contributed by atoms with E-state index < -0.39 is 22.2 Å². The van der Waals surface area contributed by atoms with Crippen LogP contribution in [0.4, 0.5) is 20.2 Å². The molecule has 20 heavy (non-hydrogen) atoms. The summed E-state index contributed by atoms with van der Waals surface area (Å²) in [4.78, 5) is 9.97. The molecule has 4 nitrogen and oxygen atoms in total. The van der Waals surface area contributed by atoms with Crippen LogP contribution in [0, 0.1) is 28.7 Å². The van der Waals surface area contributed by atoms with Crippen LogP contribution in [0.15, 0.2) is 36.4 Å². The van der Waals surface area contributed by atoms with Crippen molar-refractivity contribution >= 4 is 11.4 Å². The summed E-state index contributed by atoms with van der Waals surface area (Å²) in [6.45, 7) is 2.13. The van der Waals surface area contributed by atoms with Crippen molar-refractivity contribution in [3.63, 3.8) is 0 Å². The first-order valence-corrected chi connectivity index (χ1v) is 5.91. The van der Waals surface area contributed by atoms with Gasteiger partial charge in [0.25, 0.3) is 0 Å². The molecule has 1 N–H and O–H groups in total. The van der Waals surface area contributed by atoms with Gasteiger partial charge < -0.3 is 5.32 Å². The lowest BCUT2D eigenvalue weighted by atomic mass is 10.1. The number of hydrogen-bond donors (Lipinski definition) is 1. The van der Waals surface area contributed by atoms with E-state index in [0.717, 1.165) is 17.2 Å². The van der Waals surface area contributed by atoms with Gasteiger partial charge in [-0.2, -0.15) is 4.39 Å². The second-order valence-electron chi connectivity index (χ2n) is 4.32. The maximum atomic E-state index is 13.4. The summed E-state index contributed by atoms with van der Waals surface area (Å²) in [7, 11) is 0. The van der Waals surface area contributed by atoms with E-state index in [0.29, 0.717) is 6.07 Å². The number of nitro groups is 1. The van der Waals surface area contributed by atoms with E-state index in [1.54, 1.807) is 0 Å². The second kappa shape index (κ2) is 5.64. The Morgan fingerprint density at radius 2 is 1.95 bits per heavy atom. The molecule has 0 spiro atoms. The Labute approximate surface area is 114 Å². The van der Waals surface area contributed by atoms with E-state index in [-0.39, 0.29) is 12.2 Å². The predicted octanol–water partition coefficient (Wildman–Crippen LogP) is 3.79. The fraction of sp³-hybridized carbons (Fsp3) is 0.143. The Bertz CT molecular complexity index is 660. The summed E-state index contributed by atoms with van der Waals surface area (Å²) in [6, 6.07) is 8.83. The number of nitrogens with one attached hydrogen (secondary N) is 1. The molecular formula is C14H12F2N2O2. The summed E-state index contributed by atoms with van der Waals surface area (Å²) in [5.74, 6) is -2.05. The summed E-state index contributed by atoms with van der Waals surface area (Å²) < 4.78 is 26.6. The van der Waals surface area contributed by atoms with E-state index >= 15 is 0 Å². The van der Waals surface area contributed by atoms with Crippen molar-refractivity contribution in [2.75, 3.05) is 5.32 Å². The Balaban J connectivity index is 2.30. The van der Waals surface area contributed by atoms with Gasteiger partial charge in [-0.05, 0) is 18.1 Å². The van der Waals surface area contributed by atoms with Gasteiger partial charge in [-0.25, -0.2) is 4.39 Å². The average molecular weight is 278 g/mol. The lowest BCUT2D eigenvalue weighted by molar-refractivity contribution is -0.386. The number of nitrogens with zero attached hydrogens (tertiary/aromatic N) is 1. The molecule has 2 aromatic carbocycles. The monoisotopic (exact) mass is 278 g/mol. The van der Waals surface area contributed by atoms with Crippen LogP contribution in [-0.2, 0) is 6.54 Å². The van der Waals surface area contributed by atoms with Crippen molar-refractivity contribution in [2.45, 2.75) is 13.5 Å². The Morgan fingerprint density at radius 3 is 2.60 bits per heavy atom. The Kier molecular flexibility index (Phi) is 3.93. The van der Waals surface area contributed by atoms with Crippen molar-refractivity contribution in [1.82, 2.24) is 0 Å². The molecule has 0 aliphatic carbocycles. The van der Waals surface area contributed by atoms with Gasteiger partial charge in [-0.15, -0.1) is 0 Å². The van der Waals surface area contributed by atoms with Gasteiger partial charge in [-0.1, -0.05) is 24.3 Å². The molecule has 0 saturated heterocycles. The summed E-state index contributed by atoms with van der Waals surface area (Å²) in [5.41, 5.74) is 0.960. The summed E-state index contributed by atoms with van der Waals surface area (Å²) >= 11 is 0. The van der Waals surface area contributed by atoms with Crippen LogP contribution in [-0.4, -0.2) is 4.92 Å². The molecule has 0 heterocycles. The van der Waals surface area contributed by atoms with Crippen LogP contribution in [0.25, 0.3) is 0 Å². The topological polar surface area (TPSA) is 55.2 Å². The molecule has 104 valence electrons. The zero-order valence-electron chi connectivity index (χ0n) is 10.7. The lowest BCUT2D eigenvalue weighted by Crippen LogP contribution is -2.06. The highest BCUT2D eigenvalue weighted by molar-refractivity contribution is 5.62. The number of aryl methyl sites for hydroxylation is 1. The van der Waals surface area contributed by atoms with Crippen LogP contribution in [0.1, 0.15) is 11.1 Å². The number of anilines is 1. The predicted molar refractivity (Wildman–Crippen MR) is 71.5 cm³/mol. The number of rotatable bonds is 4. The molecule has 0 aromatic heterocycles. The van der Waals surface area contributed by atoms with Crippen molar-refractivity contribution in [3.05, 3.63) is 69.3 Å². The van der Waals surface area contributed by atoms with E-state index in [2.05, 4.69) is 5.32 Å². The van der Waals surface area contributed by atoms with Gasteiger partial charge in [0.15, 0.2) is 0 Å². The van der Waals surface area contributed by atoms with Gasteiger partial charge in [0.05, 0.1) is 4.92 Å². The molecule has 0 amide bonds. The molecule has 0 saturated carbocycles. The largest absolute Gasteiger partial charge is 0.375 e. The van der Waals surface area contributed by atoms with E-state index in [4.69, 9.17) is 0 Å². The van der Waals surface area contributed by atoms with Crippen LogP contribution in [0.3, 0.4) is 0 Å². The fourth-order valence-electron chi connectivity index (χ4n) is 1.89. The minimum absolute atomic E-state index is 0.171. The molecule has 2 rings (SSSR count). The fourth-order valence-corrected chi connectivity index (χ4v) is 1.89. The smallest absolute Gasteiger partial charge is 0.327 e. The third-order valence-electron chi connectivity index (χ3n) is 2.94. The normalized spacial score (nSPS) is 10.3. The first-order valence-electron chi connectivity index (χ1n) is 5.91. The van der Waals surface area contributed by atoms with Gasteiger partial charge in [0, 0.05) is 18.7 Å². The van der Waals surface area contributed by atoms with Crippen LogP contribution in [0.2, 0.25) is 0 Å². The molecule has 0 fully saturated rings. The van der Waals surface area contributed by atoms with Crippen LogP contribution >= 0.6 is 0 Å². The first kappa shape index (κ1) is 13.9. The Hall–Kier alpha value is -2.50. The summed E-state index contributed by atoms with van der Waals surface area (Å²) in [6.07, 6.45) is 0. The molecular weight excluding hydrogens is 266 g/mol. The molecule has 0 unspecified atom stereocenters. The van der Waals surface area contributed by atoms with E-state index in [1.807, 2.05) is 31.2 Å². The molecule has 0 aliphatic heterocycles. The highest BCUT2D eigenvalue weighted by Crippen LogP contribution is 2.29. The number of nitro benzene ring substituents is 1. The maximum absolute atomic E-state index is 13.4. The standard InChI is InChI=1S/C14H12F2N2O2/c1-9-4-2-3-5-10(9)8-17-13-7-11(15)6-12(16)14(13)18(19)20/h2-7,17H,8H2,1H3. The van der Waals surface area contributed by atoms with Crippen molar-refractivity contribution in [1.29, 1.82) is 0 Å². The van der Waals surface area contributed by atoms with Crippen LogP contribution in [0.5, 0.6) is 0 Å². The van der Waals surface area contributed by atoms with E-state index in [9.17, 15) is 18.9 Å². The lowest BCUT2D eigenvalue weighted by Gasteiger charge is -2.09. The van der Waals surface area contributed by atoms with Gasteiger partial charge in [-0.3, -0.25) is 10.1 Å². The van der Waals surface area contributed by atoms with Crippen molar-refractivity contribution in [3.8, 4) is 0 Å². The maximum Gasteiger partial charge on any atom is 0.327 e. The second-order valence-corrected chi connectivity index (χ2v) is 4.32. The molecule has 6 heteroatoms. The quantitative estimate of drug-likeness (QED) is 0.683. The third kappa shape index (κ3) is 2.90. The SMILES string of the molecule is Cc1ccccc1CNc1cc(F)cc(F)c1[N+](=O)[O-]. The minimum atomic E-state index is -1.19. The number of benzene rings is 2. The highest BCUT2D eigenvalue weighted by Gasteiger charge is 2.21. The zero-order valence-corrected chi connectivity index (χ0v) is 10.7. The molecule has 2 aromatic rings. The first-order chi connectivity index (χ1) is 9.49. The van der Waals surface area contributed by atoms with Gasteiger partial charge in [0.1, 0.15) is 11.5 Å². The molecule has 0 atom stereocenters. The van der Waals surface area contributed by atoms with Crippen molar-refractivity contribution in [2.24, 2.45) is 0 Å². The van der Waals surface area contributed by atoms with Gasteiger partial charge >= 0.3 is 5.69 Å². The number of hydrogen-bond acceptors (Lipinski definition) is 3. The van der Waals surface area contributed by atoms with Crippen molar-refractivity contribution < 1.29 is 13.7 Å². The average Bonchev–Trinajstić information content (AvgIpc) is 2.36. The molecule has 0 radical (unpaired) electrons.